The molecule has 4 atom stereocenters. The number of aromatic carboxylic acids is 1. The topological polar surface area (TPSA) is 142 Å². The molecule has 0 bridgehead atoms. The van der Waals surface area contributed by atoms with Crippen molar-refractivity contribution in [1.82, 2.24) is 5.32 Å². The lowest BCUT2D eigenvalue weighted by Gasteiger charge is -2.41. The first-order valence-electron chi connectivity index (χ1n) is 15.8. The molecule has 48 heavy (non-hydrogen) atoms. The summed E-state index contributed by atoms with van der Waals surface area (Å²) in [5.74, 6) is -1.44. The molecule has 10 heteroatoms. The number of carbonyl (C=O) groups is 3. The molecule has 0 unspecified atom stereocenters. The van der Waals surface area contributed by atoms with Crippen LogP contribution in [0.3, 0.4) is 0 Å². The van der Waals surface area contributed by atoms with E-state index in [1.807, 2.05) is 84.9 Å². The van der Waals surface area contributed by atoms with E-state index in [4.69, 9.17) is 14.6 Å². The van der Waals surface area contributed by atoms with Crippen LogP contribution in [0.15, 0.2) is 102 Å². The molecule has 250 valence electrons. The molecule has 1 saturated heterocycles. The number of hydrogen-bond donors (Lipinski definition) is 4. The first-order valence-corrected chi connectivity index (χ1v) is 16.8. The average Bonchev–Trinajstić information content (AvgIpc) is 3.10. The van der Waals surface area contributed by atoms with Gasteiger partial charge in [0.15, 0.2) is 6.29 Å². The molecule has 4 aromatic carbocycles. The Morgan fingerprint density at radius 2 is 1.50 bits per heavy atom. The SMILES string of the molecule is C[C@H]1[C@@H](CSc2ccc(C(=O)O)cc2)O[C@@H](c2cccc(-c3cccc(CNC(=O)CCCC(=O)O)c3)c2)O[C@H]1c1ccc(CO)cc1. The van der Waals surface area contributed by atoms with Crippen LogP contribution in [-0.2, 0) is 32.2 Å². The number of aliphatic hydroxyl groups is 1. The van der Waals surface area contributed by atoms with E-state index in [9.17, 15) is 24.6 Å². The molecule has 0 radical (unpaired) electrons. The van der Waals surface area contributed by atoms with Gasteiger partial charge in [-0.1, -0.05) is 67.6 Å². The van der Waals surface area contributed by atoms with Gasteiger partial charge in [0.1, 0.15) is 0 Å². The number of ether oxygens (including phenoxy) is 2. The highest BCUT2D eigenvalue weighted by molar-refractivity contribution is 7.99. The molecule has 1 fully saturated rings. The number of aliphatic hydroxyl groups excluding tert-OH is 1. The number of carboxylic acids is 2. The zero-order valence-electron chi connectivity index (χ0n) is 26.6. The highest BCUT2D eigenvalue weighted by Gasteiger charge is 2.38. The minimum absolute atomic E-state index is 0.00813. The Hall–Kier alpha value is -4.48. The molecule has 0 aliphatic carbocycles. The summed E-state index contributed by atoms with van der Waals surface area (Å²) in [6, 6.07) is 30.5. The van der Waals surface area contributed by atoms with E-state index in [1.165, 1.54) is 0 Å². The minimum Gasteiger partial charge on any atom is -0.481 e. The Kier molecular flexibility index (Phi) is 12.0. The maximum atomic E-state index is 12.2. The van der Waals surface area contributed by atoms with Crippen molar-refractivity contribution >= 4 is 29.6 Å². The van der Waals surface area contributed by atoms with Crippen molar-refractivity contribution in [3.05, 3.63) is 125 Å². The van der Waals surface area contributed by atoms with Crippen molar-refractivity contribution in [2.45, 2.75) is 62.7 Å². The van der Waals surface area contributed by atoms with Gasteiger partial charge >= 0.3 is 11.9 Å². The van der Waals surface area contributed by atoms with Crippen LogP contribution in [0, 0.1) is 5.92 Å². The molecule has 0 aromatic heterocycles. The number of thioether (sulfide) groups is 1. The van der Waals surface area contributed by atoms with E-state index in [0.717, 1.165) is 38.3 Å². The highest BCUT2D eigenvalue weighted by atomic mass is 32.2. The maximum Gasteiger partial charge on any atom is 0.335 e. The number of amides is 1. The Balaban J connectivity index is 1.33. The summed E-state index contributed by atoms with van der Waals surface area (Å²) < 4.78 is 13.3. The van der Waals surface area contributed by atoms with Crippen LogP contribution in [0.1, 0.15) is 71.2 Å². The summed E-state index contributed by atoms with van der Waals surface area (Å²) in [7, 11) is 0. The van der Waals surface area contributed by atoms with Crippen molar-refractivity contribution in [1.29, 1.82) is 0 Å². The van der Waals surface area contributed by atoms with Gasteiger partial charge in [0.25, 0.3) is 0 Å². The molecule has 1 amide bonds. The molecule has 9 nitrogen and oxygen atoms in total. The summed E-state index contributed by atoms with van der Waals surface area (Å²) in [6.45, 7) is 2.40. The second-order valence-electron chi connectivity index (χ2n) is 11.8. The third-order valence-corrected chi connectivity index (χ3v) is 9.44. The quantitative estimate of drug-likeness (QED) is 0.104. The fourth-order valence-electron chi connectivity index (χ4n) is 5.60. The number of aliphatic carboxylic acids is 1. The summed E-state index contributed by atoms with van der Waals surface area (Å²) in [4.78, 5) is 35.1. The van der Waals surface area contributed by atoms with Crippen LogP contribution < -0.4 is 5.32 Å². The van der Waals surface area contributed by atoms with E-state index in [1.54, 1.807) is 23.9 Å². The standard InChI is InChI=1S/C38H39NO8S/c1-24-33(23-48-32-17-15-28(16-18-32)37(44)45)46-38(47-36(24)27-13-11-25(22-40)12-14-27)31-8-3-7-30(20-31)29-6-2-5-26(19-29)21-39-34(41)9-4-10-35(42)43/h2-3,5-8,11-20,24,33,36,38,40H,4,9-10,21-23H2,1H3,(H,39,41)(H,42,43)(H,44,45)/t24-,33+,36+,38+/m0/s1. The van der Waals surface area contributed by atoms with Gasteiger partial charge in [-0.05, 0) is 70.6 Å². The van der Waals surface area contributed by atoms with Gasteiger partial charge in [0.05, 0.1) is 24.4 Å². The van der Waals surface area contributed by atoms with Gasteiger partial charge in [-0.15, -0.1) is 11.8 Å². The zero-order valence-corrected chi connectivity index (χ0v) is 27.4. The molecule has 5 rings (SSSR count). The Morgan fingerprint density at radius 3 is 2.19 bits per heavy atom. The number of nitrogens with one attached hydrogen (secondary N) is 1. The third-order valence-electron chi connectivity index (χ3n) is 8.34. The highest BCUT2D eigenvalue weighted by Crippen LogP contribution is 2.43. The number of hydrogen-bond acceptors (Lipinski definition) is 7. The van der Waals surface area contributed by atoms with Crippen molar-refractivity contribution in [2.75, 3.05) is 5.75 Å². The summed E-state index contributed by atoms with van der Waals surface area (Å²) in [6.07, 6.45) is -0.699. The Bertz CT molecular complexity index is 1710. The molecule has 1 aliphatic rings. The summed E-state index contributed by atoms with van der Waals surface area (Å²) in [5.41, 5.74) is 5.75. The van der Waals surface area contributed by atoms with Crippen molar-refractivity contribution in [2.24, 2.45) is 5.92 Å². The first kappa shape index (κ1) is 34.8. The Labute approximate surface area is 283 Å². The van der Waals surface area contributed by atoms with Crippen LogP contribution in [0.25, 0.3) is 11.1 Å². The van der Waals surface area contributed by atoms with Crippen molar-refractivity contribution in [3.63, 3.8) is 0 Å². The van der Waals surface area contributed by atoms with Crippen LogP contribution >= 0.6 is 11.8 Å². The lowest BCUT2D eigenvalue weighted by Crippen LogP contribution is -2.38. The van der Waals surface area contributed by atoms with E-state index in [-0.39, 0.29) is 49.0 Å². The lowest BCUT2D eigenvalue weighted by molar-refractivity contribution is -0.268. The molecule has 4 N–H and O–H groups in total. The first-order chi connectivity index (χ1) is 23.2. The summed E-state index contributed by atoms with van der Waals surface area (Å²) in [5, 5.41) is 30.5. The summed E-state index contributed by atoms with van der Waals surface area (Å²) >= 11 is 1.60. The molecule has 1 heterocycles. The molecular weight excluding hydrogens is 630 g/mol. The van der Waals surface area contributed by atoms with Crippen molar-refractivity contribution in [3.8, 4) is 11.1 Å². The van der Waals surface area contributed by atoms with E-state index in [2.05, 4.69) is 12.2 Å². The minimum atomic E-state index is -0.962. The van der Waals surface area contributed by atoms with Gasteiger partial charge in [0, 0.05) is 41.5 Å². The van der Waals surface area contributed by atoms with Gasteiger partial charge in [-0.25, -0.2) is 4.79 Å². The van der Waals surface area contributed by atoms with Gasteiger partial charge in [-0.3, -0.25) is 9.59 Å². The number of rotatable bonds is 14. The Morgan fingerprint density at radius 1 is 0.792 bits per heavy atom. The van der Waals surface area contributed by atoms with E-state index < -0.39 is 18.2 Å². The normalized spacial score (nSPS) is 19.0. The predicted octanol–water partition coefficient (Wildman–Crippen LogP) is 7.00. The largest absolute Gasteiger partial charge is 0.481 e. The maximum absolute atomic E-state index is 12.2. The molecule has 1 aliphatic heterocycles. The van der Waals surface area contributed by atoms with Gasteiger partial charge in [0.2, 0.25) is 5.91 Å². The number of carbonyl (C=O) groups excluding carboxylic acids is 1. The molecule has 0 spiro atoms. The number of carboxylic acid groups (broad SMARTS) is 2. The van der Waals surface area contributed by atoms with E-state index in [0.29, 0.717) is 18.7 Å². The van der Waals surface area contributed by atoms with E-state index >= 15 is 0 Å². The van der Waals surface area contributed by atoms with Crippen LogP contribution in [0.4, 0.5) is 0 Å². The molecular formula is C38H39NO8S. The van der Waals surface area contributed by atoms with Crippen LogP contribution in [-0.4, -0.2) is 45.0 Å². The smallest absolute Gasteiger partial charge is 0.335 e. The third kappa shape index (κ3) is 9.32. The van der Waals surface area contributed by atoms with Crippen molar-refractivity contribution < 1.29 is 39.2 Å². The second kappa shape index (κ2) is 16.6. The average molecular weight is 670 g/mol. The van der Waals surface area contributed by atoms with Gasteiger partial charge < -0.3 is 30.1 Å². The predicted molar refractivity (Wildman–Crippen MR) is 182 cm³/mol. The fraction of sp³-hybridized carbons (Fsp3) is 0.289. The second-order valence-corrected chi connectivity index (χ2v) is 12.9. The molecule has 4 aromatic rings. The fourth-order valence-corrected chi connectivity index (χ4v) is 6.66. The van der Waals surface area contributed by atoms with Crippen LogP contribution in [0.5, 0.6) is 0 Å². The lowest BCUT2D eigenvalue weighted by atomic mass is 9.91. The number of benzene rings is 4. The monoisotopic (exact) mass is 669 g/mol. The zero-order chi connectivity index (χ0) is 34.0. The molecule has 0 saturated carbocycles. The van der Waals surface area contributed by atoms with Crippen LogP contribution in [0.2, 0.25) is 0 Å². The van der Waals surface area contributed by atoms with Gasteiger partial charge in [-0.2, -0.15) is 0 Å².